The number of rotatable bonds is 5. The highest BCUT2D eigenvalue weighted by Gasteiger charge is 2.27. The number of hydrogen-bond acceptors (Lipinski definition) is 3. The van der Waals surface area contributed by atoms with Crippen molar-refractivity contribution in [3.63, 3.8) is 0 Å². The lowest BCUT2D eigenvalue weighted by Gasteiger charge is -2.17. The zero-order chi connectivity index (χ0) is 17.9. The number of hydrogen-bond donors (Lipinski definition) is 0. The molecule has 2 aromatic rings. The van der Waals surface area contributed by atoms with Crippen molar-refractivity contribution < 1.29 is 13.2 Å². The Kier molecular flexibility index (Phi) is 5.23. The van der Waals surface area contributed by atoms with Gasteiger partial charge in [0.25, 0.3) is 5.91 Å². The first-order valence-electron chi connectivity index (χ1n) is 8.50. The average Bonchev–Trinajstić information content (AvgIpc) is 3.03. The fourth-order valence-electron chi connectivity index (χ4n) is 3.36. The Labute approximate surface area is 149 Å². The molecule has 1 fully saturated rings. The molecule has 0 saturated carbocycles. The van der Waals surface area contributed by atoms with Crippen LogP contribution in [-0.4, -0.2) is 38.6 Å². The summed E-state index contributed by atoms with van der Waals surface area (Å²) in [5.41, 5.74) is 2.65. The van der Waals surface area contributed by atoms with E-state index in [0.29, 0.717) is 17.0 Å². The van der Waals surface area contributed by atoms with Crippen molar-refractivity contribution in [1.82, 2.24) is 4.90 Å². The van der Waals surface area contributed by atoms with Gasteiger partial charge in [-0.1, -0.05) is 42.5 Å². The fourth-order valence-corrected chi connectivity index (χ4v) is 4.16. The minimum atomic E-state index is -3.06. The Morgan fingerprint density at radius 2 is 1.72 bits per heavy atom. The molecule has 0 radical (unpaired) electrons. The Bertz CT molecular complexity index is 829. The van der Waals surface area contributed by atoms with Crippen molar-refractivity contribution in [3.05, 3.63) is 71.3 Å². The van der Waals surface area contributed by atoms with Crippen LogP contribution in [0.2, 0.25) is 0 Å². The number of carbonyl (C=O) groups is 1. The van der Waals surface area contributed by atoms with Gasteiger partial charge in [0.1, 0.15) is 0 Å². The van der Waals surface area contributed by atoms with Crippen molar-refractivity contribution in [2.75, 3.05) is 19.3 Å². The van der Waals surface area contributed by atoms with Crippen LogP contribution in [0.5, 0.6) is 0 Å². The first-order valence-corrected chi connectivity index (χ1v) is 10.6. The summed E-state index contributed by atoms with van der Waals surface area (Å²) in [5.74, 6) is 0.530. The number of sulfone groups is 1. The van der Waals surface area contributed by atoms with Crippen molar-refractivity contribution >= 4 is 15.7 Å². The van der Waals surface area contributed by atoms with Gasteiger partial charge in [0.05, 0.1) is 5.75 Å². The number of likely N-dealkylation sites (tertiary alicyclic amines) is 1. The van der Waals surface area contributed by atoms with Crippen LogP contribution in [0, 0.1) is 5.92 Å². The average molecular weight is 357 g/mol. The molecule has 1 aliphatic rings. The smallest absolute Gasteiger partial charge is 0.253 e. The lowest BCUT2D eigenvalue weighted by Crippen LogP contribution is -2.28. The van der Waals surface area contributed by atoms with E-state index < -0.39 is 9.84 Å². The van der Waals surface area contributed by atoms with Gasteiger partial charge in [0, 0.05) is 24.9 Å². The van der Waals surface area contributed by atoms with Gasteiger partial charge in [0.2, 0.25) is 0 Å². The minimum absolute atomic E-state index is 0.00430. The molecular weight excluding hydrogens is 334 g/mol. The van der Waals surface area contributed by atoms with Crippen LogP contribution in [0.15, 0.2) is 54.6 Å². The molecule has 1 amide bonds. The summed E-state index contributed by atoms with van der Waals surface area (Å²) in [5, 5.41) is 0. The molecule has 0 aromatic heterocycles. The number of amides is 1. The monoisotopic (exact) mass is 357 g/mol. The van der Waals surface area contributed by atoms with Crippen molar-refractivity contribution in [2.24, 2.45) is 5.92 Å². The molecule has 1 unspecified atom stereocenters. The second-order valence-electron chi connectivity index (χ2n) is 6.86. The molecule has 1 aliphatic heterocycles. The Morgan fingerprint density at radius 1 is 1.04 bits per heavy atom. The molecule has 0 aliphatic carbocycles. The molecule has 0 bridgehead atoms. The Balaban J connectivity index is 1.60. The molecule has 1 saturated heterocycles. The summed E-state index contributed by atoms with van der Waals surface area (Å²) in [7, 11) is -3.06. The summed E-state index contributed by atoms with van der Waals surface area (Å²) in [6.45, 7) is 1.56. The summed E-state index contributed by atoms with van der Waals surface area (Å²) in [4.78, 5) is 14.6. The van der Waals surface area contributed by atoms with E-state index in [0.717, 1.165) is 25.9 Å². The van der Waals surface area contributed by atoms with Gasteiger partial charge in [-0.2, -0.15) is 0 Å². The number of nitrogens with zero attached hydrogens (tertiary/aromatic N) is 1. The van der Waals surface area contributed by atoms with Crippen molar-refractivity contribution in [3.8, 4) is 0 Å². The van der Waals surface area contributed by atoms with Gasteiger partial charge >= 0.3 is 0 Å². The second-order valence-corrected chi connectivity index (χ2v) is 9.00. The predicted molar refractivity (Wildman–Crippen MR) is 99.1 cm³/mol. The van der Waals surface area contributed by atoms with Gasteiger partial charge in [-0.25, -0.2) is 8.42 Å². The Morgan fingerprint density at radius 3 is 2.36 bits per heavy atom. The quantitative estimate of drug-likeness (QED) is 0.827. The van der Waals surface area contributed by atoms with Crippen molar-refractivity contribution in [1.29, 1.82) is 0 Å². The third kappa shape index (κ3) is 4.92. The molecule has 1 heterocycles. The van der Waals surface area contributed by atoms with E-state index in [1.54, 1.807) is 24.3 Å². The van der Waals surface area contributed by atoms with Crippen LogP contribution in [0.4, 0.5) is 0 Å². The summed E-state index contributed by atoms with van der Waals surface area (Å²) < 4.78 is 22.7. The molecule has 2 aromatic carbocycles. The predicted octanol–water partition coefficient (Wildman–Crippen LogP) is 2.94. The normalized spacial score (nSPS) is 17.6. The maximum atomic E-state index is 12.6. The van der Waals surface area contributed by atoms with Crippen LogP contribution >= 0.6 is 0 Å². The van der Waals surface area contributed by atoms with E-state index in [2.05, 4.69) is 12.1 Å². The summed E-state index contributed by atoms with van der Waals surface area (Å²) >= 11 is 0. The van der Waals surface area contributed by atoms with Crippen molar-refractivity contribution in [2.45, 2.75) is 18.6 Å². The van der Waals surface area contributed by atoms with E-state index in [4.69, 9.17) is 0 Å². The molecule has 4 nitrogen and oxygen atoms in total. The van der Waals surface area contributed by atoms with Crippen LogP contribution in [-0.2, 0) is 22.0 Å². The SMILES string of the molecule is CS(=O)(=O)Cc1ccc(C(=O)N2CCC(Cc3ccccc3)C2)cc1. The molecule has 5 heteroatoms. The fraction of sp³-hybridized carbons (Fsp3) is 0.350. The third-order valence-electron chi connectivity index (χ3n) is 4.57. The lowest BCUT2D eigenvalue weighted by atomic mass is 9.99. The molecule has 3 rings (SSSR count). The van der Waals surface area contributed by atoms with Crippen LogP contribution < -0.4 is 0 Å². The minimum Gasteiger partial charge on any atom is -0.338 e. The highest BCUT2D eigenvalue weighted by molar-refractivity contribution is 7.89. The van der Waals surface area contributed by atoms with Crippen LogP contribution in [0.25, 0.3) is 0 Å². The molecular formula is C20H23NO3S. The number of carbonyl (C=O) groups excluding carboxylic acids is 1. The maximum Gasteiger partial charge on any atom is 0.253 e. The first-order chi connectivity index (χ1) is 11.9. The highest BCUT2D eigenvalue weighted by atomic mass is 32.2. The van der Waals surface area contributed by atoms with Crippen LogP contribution in [0.3, 0.4) is 0 Å². The maximum absolute atomic E-state index is 12.6. The van der Waals surface area contributed by atoms with E-state index in [1.165, 1.54) is 11.8 Å². The molecule has 25 heavy (non-hydrogen) atoms. The number of benzene rings is 2. The van der Waals surface area contributed by atoms with Gasteiger partial charge in [-0.3, -0.25) is 4.79 Å². The van der Waals surface area contributed by atoms with Gasteiger partial charge in [-0.05, 0) is 42.0 Å². The Hall–Kier alpha value is -2.14. The first kappa shape index (κ1) is 17.7. The highest BCUT2D eigenvalue weighted by Crippen LogP contribution is 2.22. The molecule has 0 N–H and O–H groups in total. The second kappa shape index (κ2) is 7.40. The van der Waals surface area contributed by atoms with Gasteiger partial charge < -0.3 is 4.90 Å². The van der Waals surface area contributed by atoms with E-state index in [-0.39, 0.29) is 11.7 Å². The standard InChI is InChI=1S/C20H23NO3S/c1-25(23,24)15-17-7-9-19(10-8-17)20(22)21-12-11-18(14-21)13-16-5-3-2-4-6-16/h2-10,18H,11-15H2,1H3. The van der Waals surface area contributed by atoms with Gasteiger partial charge in [-0.15, -0.1) is 0 Å². The lowest BCUT2D eigenvalue weighted by molar-refractivity contribution is 0.0787. The summed E-state index contributed by atoms with van der Waals surface area (Å²) in [6.07, 6.45) is 3.23. The molecule has 1 atom stereocenters. The topological polar surface area (TPSA) is 54.5 Å². The van der Waals surface area contributed by atoms with E-state index >= 15 is 0 Å². The zero-order valence-electron chi connectivity index (χ0n) is 14.4. The van der Waals surface area contributed by atoms with E-state index in [9.17, 15) is 13.2 Å². The molecule has 0 spiro atoms. The summed E-state index contributed by atoms with van der Waals surface area (Å²) in [6, 6.07) is 17.3. The van der Waals surface area contributed by atoms with Gasteiger partial charge in [0.15, 0.2) is 9.84 Å². The molecule has 132 valence electrons. The largest absolute Gasteiger partial charge is 0.338 e. The van der Waals surface area contributed by atoms with E-state index in [1.807, 2.05) is 23.1 Å². The van der Waals surface area contributed by atoms with Crippen LogP contribution in [0.1, 0.15) is 27.9 Å². The third-order valence-corrected chi connectivity index (χ3v) is 5.43. The zero-order valence-corrected chi connectivity index (χ0v) is 15.2.